The number of aryl methyl sites for hydroxylation is 3. The molecule has 2 aromatic carbocycles. The summed E-state index contributed by atoms with van der Waals surface area (Å²) in [6, 6.07) is 3.84. The molecular weight excluding hydrogens is 538 g/mol. The zero-order valence-corrected chi connectivity index (χ0v) is 24.9. The van der Waals surface area contributed by atoms with Crippen molar-refractivity contribution < 1.29 is 13.6 Å². The Morgan fingerprint density at radius 1 is 1.02 bits per heavy atom. The van der Waals surface area contributed by atoms with Gasteiger partial charge in [-0.25, -0.2) is 9.37 Å². The van der Waals surface area contributed by atoms with E-state index in [0.717, 1.165) is 46.5 Å². The van der Waals surface area contributed by atoms with Crippen molar-refractivity contribution in [3.63, 3.8) is 0 Å². The van der Waals surface area contributed by atoms with Crippen molar-refractivity contribution >= 4 is 39.5 Å². The smallest absolute Gasteiger partial charge is 0.246 e. The number of H-pyrrole nitrogens is 1. The summed E-state index contributed by atoms with van der Waals surface area (Å²) in [7, 11) is 4.14. The largest absolute Gasteiger partial charge is 0.352 e. The van der Waals surface area contributed by atoms with Crippen LogP contribution in [0.1, 0.15) is 23.6 Å². The Balaban J connectivity index is 1.54. The lowest BCUT2D eigenvalue weighted by Gasteiger charge is -2.44. The third kappa shape index (κ3) is 4.38. The molecule has 0 saturated carbocycles. The quantitative estimate of drug-likeness (QED) is 0.355. The maximum absolute atomic E-state index is 15.1. The second-order valence-corrected chi connectivity index (χ2v) is 11.8. The molecule has 0 aliphatic carbocycles. The fourth-order valence-electron chi connectivity index (χ4n) is 6.45. The molecule has 1 N–H and O–H groups in total. The van der Waals surface area contributed by atoms with Crippen molar-refractivity contribution in [1.29, 1.82) is 0 Å². The van der Waals surface area contributed by atoms with E-state index < -0.39 is 11.8 Å². The first kappa shape index (κ1) is 28.0. The van der Waals surface area contributed by atoms with Crippen molar-refractivity contribution in [2.75, 3.05) is 56.6 Å². The number of benzene rings is 2. The number of carbonyl (C=O) groups excluding carboxylic acids is 1. The van der Waals surface area contributed by atoms with E-state index in [0.29, 0.717) is 42.8 Å². The molecule has 2 aromatic heterocycles. The lowest BCUT2D eigenvalue weighted by molar-refractivity contribution is -0.128. The van der Waals surface area contributed by atoms with Gasteiger partial charge in [0.05, 0.1) is 10.9 Å². The molecule has 4 heterocycles. The zero-order chi connectivity index (χ0) is 30.0. The highest BCUT2D eigenvalue weighted by molar-refractivity contribution is 6.04. The first-order valence-corrected chi connectivity index (χ1v) is 14.2. The lowest BCUT2D eigenvalue weighted by Crippen LogP contribution is -2.58. The van der Waals surface area contributed by atoms with Crippen molar-refractivity contribution in [3.05, 3.63) is 53.2 Å². The molecule has 2 fully saturated rings. The lowest BCUT2D eigenvalue weighted by atomic mass is 9.88. The predicted molar refractivity (Wildman–Crippen MR) is 162 cm³/mol. The zero-order valence-electron chi connectivity index (χ0n) is 24.9. The minimum Gasteiger partial charge on any atom is -0.352 e. The van der Waals surface area contributed by atoms with Gasteiger partial charge in [0, 0.05) is 50.2 Å². The standard InChI is InChI=1S/C31H36F2N8O/c1-8-23(42)41-10-9-39(13-18(41)4)30-21-11-16(2)24(25-17(3)12-22(32)28-26(25)29(33)37-36-28)19(5)27(21)34-31(35-30)40-14-20(15-40)38(6)7/h8,11-12,18,20H,1,9-10,13-15H2,2-7H3,(H,36,37)/t18-/m1/s1. The Kier molecular flexibility index (Phi) is 6.87. The van der Waals surface area contributed by atoms with Gasteiger partial charge in [-0.2, -0.15) is 14.5 Å². The molecule has 11 heteroatoms. The van der Waals surface area contributed by atoms with Crippen molar-refractivity contribution in [3.8, 4) is 11.1 Å². The van der Waals surface area contributed by atoms with Gasteiger partial charge in [0.1, 0.15) is 11.3 Å². The first-order chi connectivity index (χ1) is 20.0. The normalized spacial score (nSPS) is 17.9. The maximum atomic E-state index is 15.1. The number of likely N-dealkylation sites (N-methyl/N-ethyl adjacent to an activating group) is 1. The molecular formula is C31H36F2N8O. The van der Waals surface area contributed by atoms with E-state index in [1.165, 1.54) is 12.1 Å². The molecule has 2 aliphatic rings. The maximum Gasteiger partial charge on any atom is 0.246 e. The number of hydrogen-bond donors (Lipinski definition) is 1. The Bertz CT molecular complexity index is 1740. The summed E-state index contributed by atoms with van der Waals surface area (Å²) in [5.74, 6) is 0.150. The second kappa shape index (κ2) is 10.3. The van der Waals surface area contributed by atoms with E-state index >= 15 is 4.39 Å². The molecule has 0 spiro atoms. The van der Waals surface area contributed by atoms with Gasteiger partial charge in [-0.1, -0.05) is 6.58 Å². The molecule has 1 amide bonds. The van der Waals surface area contributed by atoms with Gasteiger partial charge < -0.3 is 19.6 Å². The van der Waals surface area contributed by atoms with Crippen molar-refractivity contribution in [2.45, 2.75) is 39.8 Å². The van der Waals surface area contributed by atoms with Gasteiger partial charge in [-0.3, -0.25) is 9.89 Å². The molecule has 0 unspecified atom stereocenters. The Labute approximate surface area is 243 Å². The van der Waals surface area contributed by atoms with Crippen LogP contribution in [0.15, 0.2) is 24.8 Å². The molecule has 6 rings (SSSR count). The fourth-order valence-corrected chi connectivity index (χ4v) is 6.45. The van der Waals surface area contributed by atoms with Gasteiger partial charge in [0.15, 0.2) is 5.82 Å². The van der Waals surface area contributed by atoms with E-state index in [-0.39, 0.29) is 22.9 Å². The number of hydrogen-bond acceptors (Lipinski definition) is 7. The molecule has 9 nitrogen and oxygen atoms in total. The molecule has 220 valence electrons. The van der Waals surface area contributed by atoms with E-state index in [1.807, 2.05) is 31.7 Å². The minimum absolute atomic E-state index is 0.0210. The summed E-state index contributed by atoms with van der Waals surface area (Å²) in [6.45, 7) is 14.9. The Morgan fingerprint density at radius 2 is 1.74 bits per heavy atom. The number of carbonyl (C=O) groups is 1. The molecule has 0 radical (unpaired) electrons. The number of nitrogens with zero attached hydrogens (tertiary/aromatic N) is 7. The number of nitrogens with one attached hydrogen (secondary N) is 1. The van der Waals surface area contributed by atoms with Crippen LogP contribution in [0, 0.1) is 32.5 Å². The van der Waals surface area contributed by atoms with Crippen molar-refractivity contribution in [1.82, 2.24) is 30.0 Å². The number of aromatic nitrogens is 4. The summed E-state index contributed by atoms with van der Waals surface area (Å²) in [4.78, 5) is 31.0. The van der Waals surface area contributed by atoms with E-state index in [9.17, 15) is 9.18 Å². The van der Waals surface area contributed by atoms with Gasteiger partial charge in [-0.05, 0) is 87.8 Å². The van der Waals surface area contributed by atoms with Gasteiger partial charge in [0.25, 0.3) is 0 Å². The molecule has 0 bridgehead atoms. The van der Waals surface area contributed by atoms with Gasteiger partial charge >= 0.3 is 0 Å². The topological polar surface area (TPSA) is 84.5 Å². The highest BCUT2D eigenvalue weighted by atomic mass is 19.1. The van der Waals surface area contributed by atoms with Crippen LogP contribution in [0.2, 0.25) is 0 Å². The van der Waals surface area contributed by atoms with E-state index in [1.54, 1.807) is 6.92 Å². The van der Waals surface area contributed by atoms with Crippen molar-refractivity contribution in [2.24, 2.45) is 0 Å². The average molecular weight is 575 g/mol. The van der Waals surface area contributed by atoms with E-state index in [4.69, 9.17) is 9.97 Å². The Hall–Kier alpha value is -4.12. The van der Waals surface area contributed by atoms with Gasteiger partial charge in [0.2, 0.25) is 17.8 Å². The predicted octanol–water partition coefficient (Wildman–Crippen LogP) is 4.35. The molecule has 42 heavy (non-hydrogen) atoms. The second-order valence-electron chi connectivity index (χ2n) is 11.8. The minimum atomic E-state index is -0.665. The summed E-state index contributed by atoms with van der Waals surface area (Å²) < 4.78 is 29.8. The first-order valence-electron chi connectivity index (χ1n) is 14.2. The number of amides is 1. The fraction of sp³-hybridized carbons (Fsp3) is 0.419. The van der Waals surface area contributed by atoms with Crippen LogP contribution < -0.4 is 9.80 Å². The number of rotatable bonds is 5. The van der Waals surface area contributed by atoms with Crippen LogP contribution in [0.4, 0.5) is 20.5 Å². The summed E-state index contributed by atoms with van der Waals surface area (Å²) in [5.41, 5.74) is 4.55. The van der Waals surface area contributed by atoms with E-state index in [2.05, 4.69) is 45.6 Å². The molecule has 2 saturated heterocycles. The number of aromatic amines is 1. The van der Waals surface area contributed by atoms with Crippen LogP contribution in [-0.4, -0.2) is 94.8 Å². The number of fused-ring (bicyclic) bond motifs is 2. The van der Waals surface area contributed by atoms with Crippen LogP contribution in [0.3, 0.4) is 0 Å². The summed E-state index contributed by atoms with van der Waals surface area (Å²) in [5, 5.41) is 7.25. The average Bonchev–Trinajstić information content (AvgIpc) is 3.30. The third-order valence-corrected chi connectivity index (χ3v) is 8.85. The molecule has 2 aliphatic heterocycles. The number of halogens is 2. The number of piperazine rings is 1. The van der Waals surface area contributed by atoms with Crippen LogP contribution >= 0.6 is 0 Å². The highest BCUT2D eigenvalue weighted by Crippen LogP contribution is 2.42. The SMILES string of the molecule is C=CC(=O)N1CCN(c2nc(N3CC(N(C)C)C3)nc3c(C)c(-c4c(C)cc(F)c5n[nH]c(F)c45)c(C)cc23)C[C@H]1C. The van der Waals surface area contributed by atoms with Crippen LogP contribution in [0.5, 0.6) is 0 Å². The van der Waals surface area contributed by atoms with Crippen LogP contribution in [-0.2, 0) is 4.79 Å². The monoisotopic (exact) mass is 574 g/mol. The summed E-state index contributed by atoms with van der Waals surface area (Å²) >= 11 is 0. The molecule has 1 atom stereocenters. The Morgan fingerprint density at radius 3 is 2.40 bits per heavy atom. The molecule has 4 aromatic rings. The summed E-state index contributed by atoms with van der Waals surface area (Å²) in [6.07, 6.45) is 1.36. The highest BCUT2D eigenvalue weighted by Gasteiger charge is 2.33. The van der Waals surface area contributed by atoms with Crippen LogP contribution in [0.25, 0.3) is 32.9 Å². The van der Waals surface area contributed by atoms with Gasteiger partial charge in [-0.15, -0.1) is 0 Å². The third-order valence-electron chi connectivity index (χ3n) is 8.85. The number of anilines is 2.